The van der Waals surface area contributed by atoms with Crippen LogP contribution in [0, 0.1) is 0 Å². The van der Waals surface area contributed by atoms with Gasteiger partial charge in [-0.3, -0.25) is 9.59 Å². The number of nitrogens with one attached hydrogen (secondary N) is 2. The Morgan fingerprint density at radius 3 is 2.80 bits per heavy atom. The van der Waals surface area contributed by atoms with E-state index >= 15 is 0 Å². The molecule has 0 saturated heterocycles. The van der Waals surface area contributed by atoms with E-state index in [1.54, 1.807) is 6.07 Å². The Morgan fingerprint density at radius 2 is 2.00 bits per heavy atom. The second-order valence-corrected chi connectivity index (χ2v) is 5.46. The highest BCUT2D eigenvalue weighted by Gasteiger charge is 2.13. The summed E-state index contributed by atoms with van der Waals surface area (Å²) >= 11 is 0. The summed E-state index contributed by atoms with van der Waals surface area (Å²) in [5, 5.41) is 7.62. The Bertz CT molecular complexity index is 1050. The number of hydrogen-bond donors (Lipinski definition) is 2. The number of carbonyl (C=O) groups is 1. The van der Waals surface area contributed by atoms with E-state index < -0.39 is 0 Å². The van der Waals surface area contributed by atoms with E-state index in [-0.39, 0.29) is 18.0 Å². The SMILES string of the molecule is O=C(NCc1cc(-c2cc3ccccc3o2)on1)c1ccc(=O)[nH]c1. The van der Waals surface area contributed by atoms with Crippen LogP contribution in [0.3, 0.4) is 0 Å². The normalized spacial score (nSPS) is 10.9. The molecule has 7 nitrogen and oxygen atoms in total. The van der Waals surface area contributed by atoms with Crippen LogP contribution in [0.4, 0.5) is 0 Å². The van der Waals surface area contributed by atoms with E-state index in [1.165, 1.54) is 18.3 Å². The fourth-order valence-electron chi connectivity index (χ4n) is 2.44. The molecule has 4 aromatic rings. The summed E-state index contributed by atoms with van der Waals surface area (Å²) < 4.78 is 11.0. The van der Waals surface area contributed by atoms with Crippen molar-refractivity contribution in [3.63, 3.8) is 0 Å². The van der Waals surface area contributed by atoms with Crippen molar-refractivity contribution in [1.29, 1.82) is 0 Å². The van der Waals surface area contributed by atoms with E-state index in [0.717, 1.165) is 11.0 Å². The molecule has 0 spiro atoms. The maximum absolute atomic E-state index is 12.0. The Balaban J connectivity index is 1.47. The van der Waals surface area contributed by atoms with Gasteiger partial charge >= 0.3 is 0 Å². The van der Waals surface area contributed by atoms with Gasteiger partial charge in [-0.05, 0) is 18.2 Å². The van der Waals surface area contributed by atoms with Crippen LogP contribution in [0.25, 0.3) is 22.5 Å². The standard InChI is InChI=1S/C18H13N3O4/c22-17-6-5-12(9-19-17)18(23)20-10-13-8-16(25-21-13)15-7-11-3-1-2-4-14(11)24-15/h1-9H,10H2,(H,19,22)(H,20,23). The molecule has 0 saturated carbocycles. The lowest BCUT2D eigenvalue weighted by atomic mass is 10.2. The number of furan rings is 1. The molecule has 0 fully saturated rings. The quantitative estimate of drug-likeness (QED) is 0.597. The summed E-state index contributed by atoms with van der Waals surface area (Å²) in [6.45, 7) is 0.196. The number of aromatic amines is 1. The van der Waals surface area contributed by atoms with Crippen LogP contribution in [0.2, 0.25) is 0 Å². The minimum absolute atomic E-state index is 0.196. The van der Waals surface area contributed by atoms with Gasteiger partial charge in [-0.1, -0.05) is 23.4 Å². The van der Waals surface area contributed by atoms with Crippen molar-refractivity contribution in [2.24, 2.45) is 0 Å². The number of H-pyrrole nitrogens is 1. The summed E-state index contributed by atoms with van der Waals surface area (Å²) in [4.78, 5) is 25.5. The van der Waals surface area contributed by atoms with Crippen LogP contribution in [0.1, 0.15) is 16.1 Å². The van der Waals surface area contributed by atoms with Crippen LogP contribution in [0.15, 0.2) is 68.5 Å². The number of nitrogens with zero attached hydrogens (tertiary/aromatic N) is 1. The summed E-state index contributed by atoms with van der Waals surface area (Å²) in [6, 6.07) is 14.0. The summed E-state index contributed by atoms with van der Waals surface area (Å²) in [6.07, 6.45) is 1.36. The van der Waals surface area contributed by atoms with Gasteiger partial charge in [-0.25, -0.2) is 0 Å². The maximum atomic E-state index is 12.0. The van der Waals surface area contributed by atoms with Crippen molar-refractivity contribution in [1.82, 2.24) is 15.5 Å². The van der Waals surface area contributed by atoms with Gasteiger partial charge in [0.2, 0.25) is 11.3 Å². The molecule has 0 aliphatic heterocycles. The predicted molar refractivity (Wildman–Crippen MR) is 89.9 cm³/mol. The molecule has 3 heterocycles. The van der Waals surface area contributed by atoms with E-state index in [9.17, 15) is 9.59 Å². The van der Waals surface area contributed by atoms with Crippen LogP contribution < -0.4 is 10.9 Å². The first-order valence-corrected chi connectivity index (χ1v) is 7.60. The van der Waals surface area contributed by atoms with E-state index in [4.69, 9.17) is 8.94 Å². The van der Waals surface area contributed by atoms with Crippen molar-refractivity contribution in [3.05, 3.63) is 76.3 Å². The average molecular weight is 335 g/mol. The summed E-state index contributed by atoms with van der Waals surface area (Å²) in [5.74, 6) is 0.751. The molecule has 0 atom stereocenters. The molecule has 3 aromatic heterocycles. The second-order valence-electron chi connectivity index (χ2n) is 5.46. The van der Waals surface area contributed by atoms with Gasteiger partial charge in [0, 0.05) is 23.7 Å². The first-order valence-electron chi connectivity index (χ1n) is 7.60. The van der Waals surface area contributed by atoms with Gasteiger partial charge in [0.25, 0.3) is 5.91 Å². The van der Waals surface area contributed by atoms with Crippen LogP contribution in [-0.4, -0.2) is 16.0 Å². The van der Waals surface area contributed by atoms with Gasteiger partial charge in [-0.2, -0.15) is 0 Å². The molecule has 1 aromatic carbocycles. The number of fused-ring (bicyclic) bond motifs is 1. The van der Waals surface area contributed by atoms with E-state index in [2.05, 4.69) is 15.5 Å². The summed E-state index contributed by atoms with van der Waals surface area (Å²) in [5.41, 5.74) is 1.43. The monoisotopic (exact) mass is 335 g/mol. The molecule has 0 aliphatic rings. The van der Waals surface area contributed by atoms with E-state index in [0.29, 0.717) is 22.8 Å². The van der Waals surface area contributed by atoms with Crippen molar-refractivity contribution in [2.75, 3.05) is 0 Å². The van der Waals surface area contributed by atoms with Crippen LogP contribution >= 0.6 is 0 Å². The highest BCUT2D eigenvalue weighted by molar-refractivity contribution is 5.93. The fraction of sp³-hybridized carbons (Fsp3) is 0.0556. The predicted octanol–water partition coefficient (Wildman–Crippen LogP) is 2.71. The molecule has 4 rings (SSSR count). The number of carbonyl (C=O) groups excluding carboxylic acids is 1. The lowest BCUT2D eigenvalue weighted by molar-refractivity contribution is 0.0949. The number of rotatable bonds is 4. The number of para-hydroxylation sites is 1. The number of aromatic nitrogens is 2. The molecule has 2 N–H and O–H groups in total. The molecule has 0 radical (unpaired) electrons. The van der Waals surface area contributed by atoms with Crippen LogP contribution in [-0.2, 0) is 6.54 Å². The first-order chi connectivity index (χ1) is 12.2. The van der Waals surface area contributed by atoms with Gasteiger partial charge in [-0.15, -0.1) is 0 Å². The minimum Gasteiger partial charge on any atom is -0.453 e. The van der Waals surface area contributed by atoms with Gasteiger partial charge in [0.1, 0.15) is 11.3 Å². The number of hydrogen-bond acceptors (Lipinski definition) is 5. The molecule has 0 bridgehead atoms. The molecule has 124 valence electrons. The lowest BCUT2D eigenvalue weighted by Gasteiger charge is -2.01. The van der Waals surface area contributed by atoms with Crippen LogP contribution in [0.5, 0.6) is 0 Å². The van der Waals surface area contributed by atoms with Gasteiger partial charge in [0.05, 0.1) is 12.1 Å². The maximum Gasteiger partial charge on any atom is 0.253 e. The lowest BCUT2D eigenvalue weighted by Crippen LogP contribution is -2.23. The molecule has 1 amide bonds. The zero-order valence-electron chi connectivity index (χ0n) is 13.0. The highest BCUT2D eigenvalue weighted by Crippen LogP contribution is 2.28. The molecule has 7 heteroatoms. The van der Waals surface area contributed by atoms with Crippen molar-refractivity contribution >= 4 is 16.9 Å². The molecular formula is C18H13N3O4. The van der Waals surface area contributed by atoms with Crippen molar-refractivity contribution < 1.29 is 13.7 Å². The largest absolute Gasteiger partial charge is 0.453 e. The average Bonchev–Trinajstić information content (AvgIpc) is 3.26. The molecule has 0 unspecified atom stereocenters. The highest BCUT2D eigenvalue weighted by atomic mass is 16.5. The molecular weight excluding hydrogens is 322 g/mol. The fourth-order valence-corrected chi connectivity index (χ4v) is 2.44. The second kappa shape index (κ2) is 6.12. The van der Waals surface area contributed by atoms with E-state index in [1.807, 2.05) is 30.3 Å². The van der Waals surface area contributed by atoms with Gasteiger partial charge in [0.15, 0.2) is 5.76 Å². The number of amides is 1. The third kappa shape index (κ3) is 3.07. The van der Waals surface area contributed by atoms with Crippen molar-refractivity contribution in [3.8, 4) is 11.5 Å². The Morgan fingerprint density at radius 1 is 1.12 bits per heavy atom. The Labute approximate surface area is 141 Å². The Hall–Kier alpha value is -3.61. The smallest absolute Gasteiger partial charge is 0.253 e. The minimum atomic E-state index is -0.315. The molecule has 25 heavy (non-hydrogen) atoms. The van der Waals surface area contributed by atoms with Gasteiger partial charge < -0.3 is 19.2 Å². The molecule has 0 aliphatic carbocycles. The third-order valence-corrected chi connectivity index (χ3v) is 3.70. The number of benzene rings is 1. The number of pyridine rings is 1. The Kier molecular flexibility index (Phi) is 3.66. The zero-order chi connectivity index (χ0) is 17.2. The van der Waals surface area contributed by atoms with Crippen molar-refractivity contribution in [2.45, 2.75) is 6.54 Å². The first kappa shape index (κ1) is 14.9. The third-order valence-electron chi connectivity index (χ3n) is 3.70. The topological polar surface area (TPSA) is 101 Å². The summed E-state index contributed by atoms with van der Waals surface area (Å²) in [7, 11) is 0. The zero-order valence-corrected chi connectivity index (χ0v) is 13.0.